The third-order valence-corrected chi connectivity index (χ3v) is 4.89. The molecule has 2 heterocycles. The van der Waals surface area contributed by atoms with Crippen LogP contribution < -0.4 is 0 Å². The largest absolute Gasteiger partial charge is 0.424 e. The van der Waals surface area contributed by atoms with Crippen LogP contribution in [0, 0.1) is 0 Å². The van der Waals surface area contributed by atoms with Crippen molar-refractivity contribution in [2.45, 2.75) is 104 Å². The summed E-state index contributed by atoms with van der Waals surface area (Å²) in [5.74, 6) is 1.39. The molecule has 0 aromatic carbocycles. The fourth-order valence-corrected chi connectivity index (χ4v) is 2.56. The fraction of sp³-hybridized carbons (Fsp3) is 0.800. The van der Waals surface area contributed by atoms with Crippen molar-refractivity contribution in [1.29, 1.82) is 0 Å². The van der Waals surface area contributed by atoms with E-state index in [-0.39, 0.29) is 21.8 Å². The Bertz CT molecular complexity index is 677. The molecule has 0 radical (unpaired) electrons. The monoisotopic (exact) mass is 361 g/mol. The molecule has 0 fully saturated rings. The molecule has 2 aromatic heterocycles. The van der Waals surface area contributed by atoms with Crippen molar-refractivity contribution in [3.8, 4) is 0 Å². The van der Waals surface area contributed by atoms with Crippen molar-refractivity contribution >= 4 is 0 Å². The van der Waals surface area contributed by atoms with E-state index in [0.29, 0.717) is 11.8 Å². The van der Waals surface area contributed by atoms with Gasteiger partial charge in [0.1, 0.15) is 0 Å². The zero-order valence-electron chi connectivity index (χ0n) is 18.1. The van der Waals surface area contributed by atoms with Crippen LogP contribution in [0.4, 0.5) is 0 Å². The molecule has 6 nitrogen and oxygen atoms in total. The van der Waals surface area contributed by atoms with E-state index in [1.807, 2.05) is 4.68 Å². The highest BCUT2D eigenvalue weighted by molar-refractivity contribution is 5.11. The van der Waals surface area contributed by atoms with Gasteiger partial charge in [0.2, 0.25) is 11.8 Å². The van der Waals surface area contributed by atoms with Gasteiger partial charge in [-0.05, 0) is 33.6 Å². The minimum atomic E-state index is -0.187. The maximum absolute atomic E-state index is 5.98. The van der Waals surface area contributed by atoms with Gasteiger partial charge in [0, 0.05) is 22.4 Å². The molecule has 0 unspecified atom stereocenters. The minimum Gasteiger partial charge on any atom is -0.424 e. The van der Waals surface area contributed by atoms with Gasteiger partial charge in [-0.2, -0.15) is 0 Å². The Morgan fingerprint density at radius 3 is 1.77 bits per heavy atom. The van der Waals surface area contributed by atoms with Crippen molar-refractivity contribution in [2.75, 3.05) is 0 Å². The molecule has 0 amide bonds. The first-order valence-electron chi connectivity index (χ1n) is 9.41. The van der Waals surface area contributed by atoms with Crippen LogP contribution in [-0.2, 0) is 21.8 Å². The van der Waals surface area contributed by atoms with E-state index >= 15 is 0 Å². The van der Waals surface area contributed by atoms with Gasteiger partial charge >= 0.3 is 0 Å². The van der Waals surface area contributed by atoms with E-state index in [1.54, 1.807) is 0 Å². The predicted molar refractivity (Wildman–Crippen MR) is 103 cm³/mol. The molecule has 0 aliphatic heterocycles. The summed E-state index contributed by atoms with van der Waals surface area (Å²) in [7, 11) is 0. The first-order chi connectivity index (χ1) is 11.6. The normalized spacial score (nSPS) is 14.1. The second kappa shape index (κ2) is 6.46. The molecule has 146 valence electrons. The van der Waals surface area contributed by atoms with Crippen LogP contribution in [0.3, 0.4) is 0 Å². The molecule has 0 saturated carbocycles. The van der Waals surface area contributed by atoms with E-state index < -0.39 is 0 Å². The van der Waals surface area contributed by atoms with Gasteiger partial charge in [-0.25, -0.2) is 4.68 Å². The van der Waals surface area contributed by atoms with E-state index in [1.165, 1.54) is 0 Å². The Labute approximate surface area is 157 Å². The van der Waals surface area contributed by atoms with Crippen molar-refractivity contribution in [3.05, 3.63) is 23.7 Å². The predicted octanol–water partition coefficient (Wildman–Crippen LogP) is 4.75. The van der Waals surface area contributed by atoms with Gasteiger partial charge in [0.25, 0.3) is 0 Å². The maximum Gasteiger partial charge on any atom is 0.222 e. The summed E-state index contributed by atoms with van der Waals surface area (Å²) >= 11 is 0. The fourth-order valence-electron chi connectivity index (χ4n) is 2.56. The smallest absolute Gasteiger partial charge is 0.222 e. The van der Waals surface area contributed by atoms with E-state index in [4.69, 9.17) is 4.42 Å². The summed E-state index contributed by atoms with van der Waals surface area (Å²) in [5, 5.41) is 17.3. The number of aromatic nitrogens is 5. The molecule has 2 aromatic rings. The van der Waals surface area contributed by atoms with E-state index in [0.717, 1.165) is 18.5 Å². The first-order valence-corrected chi connectivity index (χ1v) is 9.41. The van der Waals surface area contributed by atoms with Gasteiger partial charge in [-0.15, -0.1) is 15.3 Å². The molecule has 0 aliphatic rings. The Balaban J connectivity index is 2.12. The number of rotatable bonds is 5. The summed E-state index contributed by atoms with van der Waals surface area (Å²) in [6.45, 7) is 21.4. The van der Waals surface area contributed by atoms with Gasteiger partial charge in [0.15, 0.2) is 0 Å². The minimum absolute atomic E-state index is 0.0618. The maximum atomic E-state index is 5.98. The number of hydrogen-bond donors (Lipinski definition) is 0. The van der Waals surface area contributed by atoms with Crippen molar-refractivity contribution < 1.29 is 4.42 Å². The van der Waals surface area contributed by atoms with Gasteiger partial charge in [-0.1, -0.05) is 53.7 Å². The molecule has 26 heavy (non-hydrogen) atoms. The number of nitrogens with zero attached hydrogens (tertiary/aromatic N) is 5. The van der Waals surface area contributed by atoms with Gasteiger partial charge in [0.05, 0.1) is 11.2 Å². The SMILES string of the molecule is CC(C)(C)c1nnc(C(C)(C)CCC(C)(C)c2cn(C(C)(C)C)nn2)o1. The van der Waals surface area contributed by atoms with Crippen molar-refractivity contribution in [3.63, 3.8) is 0 Å². The molecule has 0 bridgehead atoms. The van der Waals surface area contributed by atoms with Crippen LogP contribution in [0.5, 0.6) is 0 Å². The quantitative estimate of drug-likeness (QED) is 0.768. The zero-order chi connectivity index (χ0) is 20.0. The lowest BCUT2D eigenvalue weighted by Gasteiger charge is -2.28. The van der Waals surface area contributed by atoms with E-state index in [2.05, 4.69) is 95.9 Å². The Morgan fingerprint density at radius 2 is 1.31 bits per heavy atom. The van der Waals surface area contributed by atoms with Crippen molar-refractivity contribution in [2.24, 2.45) is 0 Å². The lowest BCUT2D eigenvalue weighted by molar-refractivity contribution is 0.286. The molecular weight excluding hydrogens is 326 g/mol. The van der Waals surface area contributed by atoms with Gasteiger partial charge in [-0.3, -0.25) is 0 Å². The molecular formula is C20H35N5O. The van der Waals surface area contributed by atoms with Crippen LogP contribution >= 0.6 is 0 Å². The Morgan fingerprint density at radius 1 is 0.769 bits per heavy atom. The van der Waals surface area contributed by atoms with Crippen LogP contribution in [0.15, 0.2) is 10.6 Å². The zero-order valence-corrected chi connectivity index (χ0v) is 18.1. The second-order valence-corrected chi connectivity index (χ2v) is 10.6. The lowest BCUT2D eigenvalue weighted by Crippen LogP contribution is -2.25. The van der Waals surface area contributed by atoms with Crippen LogP contribution in [-0.4, -0.2) is 25.2 Å². The number of hydrogen-bond acceptors (Lipinski definition) is 5. The first kappa shape index (κ1) is 20.6. The third kappa shape index (κ3) is 4.51. The lowest BCUT2D eigenvalue weighted by atomic mass is 9.77. The molecule has 0 spiro atoms. The standard InChI is InChI=1S/C20H35N5O/c1-17(2,3)15-22-23-16(26-15)20(9,10)12-11-19(7,8)14-13-25(24-21-14)18(4,5)6/h13H,11-12H2,1-10H3. The summed E-state index contributed by atoms with van der Waals surface area (Å²) < 4.78 is 7.91. The summed E-state index contributed by atoms with van der Waals surface area (Å²) in [5.41, 5.74) is 0.561. The second-order valence-electron chi connectivity index (χ2n) is 10.6. The highest BCUT2D eigenvalue weighted by atomic mass is 16.4. The molecule has 0 saturated heterocycles. The van der Waals surface area contributed by atoms with Crippen LogP contribution in [0.25, 0.3) is 0 Å². The summed E-state index contributed by atoms with van der Waals surface area (Å²) in [4.78, 5) is 0. The van der Waals surface area contributed by atoms with Gasteiger partial charge < -0.3 is 4.42 Å². The Hall–Kier alpha value is -1.72. The topological polar surface area (TPSA) is 69.6 Å². The molecule has 6 heteroatoms. The highest BCUT2D eigenvalue weighted by Gasteiger charge is 2.34. The summed E-state index contributed by atoms with van der Waals surface area (Å²) in [6.07, 6.45) is 3.95. The van der Waals surface area contributed by atoms with Crippen LogP contribution in [0.1, 0.15) is 99.6 Å². The Kier molecular flexibility index (Phi) is 5.12. The van der Waals surface area contributed by atoms with Crippen molar-refractivity contribution in [1.82, 2.24) is 25.2 Å². The summed E-state index contributed by atoms with van der Waals surface area (Å²) in [6, 6.07) is 0. The van der Waals surface area contributed by atoms with E-state index in [9.17, 15) is 0 Å². The van der Waals surface area contributed by atoms with Crippen LogP contribution in [0.2, 0.25) is 0 Å². The third-order valence-electron chi connectivity index (χ3n) is 4.89. The molecule has 0 N–H and O–H groups in total. The highest BCUT2D eigenvalue weighted by Crippen LogP contribution is 2.36. The average molecular weight is 362 g/mol. The average Bonchev–Trinajstić information content (AvgIpc) is 3.13. The molecule has 0 aliphatic carbocycles. The molecule has 0 atom stereocenters. The molecule has 2 rings (SSSR count).